The second kappa shape index (κ2) is 9.48. The lowest BCUT2D eigenvalue weighted by Crippen LogP contribution is -2.16. The van der Waals surface area contributed by atoms with E-state index in [1.807, 2.05) is 38.1 Å². The van der Waals surface area contributed by atoms with E-state index in [4.69, 9.17) is 9.47 Å². The van der Waals surface area contributed by atoms with Crippen LogP contribution in [0.2, 0.25) is 0 Å². The number of ether oxygens (including phenoxy) is 2. The summed E-state index contributed by atoms with van der Waals surface area (Å²) in [6, 6.07) is 12.0. The summed E-state index contributed by atoms with van der Waals surface area (Å²) in [7, 11) is 0. The van der Waals surface area contributed by atoms with E-state index in [0.29, 0.717) is 18.9 Å². The van der Waals surface area contributed by atoms with Gasteiger partial charge in [0.15, 0.2) is 0 Å². The number of hydrogen-bond donors (Lipinski definition) is 1. The first-order chi connectivity index (χ1) is 15.5. The van der Waals surface area contributed by atoms with Crippen molar-refractivity contribution < 1.29 is 9.47 Å². The molecule has 0 fully saturated rings. The molecule has 8 heteroatoms. The third-order valence-corrected chi connectivity index (χ3v) is 6.28. The van der Waals surface area contributed by atoms with Crippen LogP contribution in [0.3, 0.4) is 0 Å². The van der Waals surface area contributed by atoms with Crippen LogP contribution in [-0.4, -0.2) is 39.0 Å². The van der Waals surface area contributed by atoms with Gasteiger partial charge in [-0.05, 0) is 81.5 Å². The highest BCUT2D eigenvalue weighted by molar-refractivity contribution is 7.98. The molecule has 2 heterocycles. The van der Waals surface area contributed by atoms with Crippen LogP contribution in [0.25, 0.3) is 5.78 Å². The van der Waals surface area contributed by atoms with Gasteiger partial charge in [0, 0.05) is 16.2 Å². The van der Waals surface area contributed by atoms with Crippen molar-refractivity contribution in [2.24, 2.45) is 0 Å². The molecule has 4 rings (SSSR count). The summed E-state index contributed by atoms with van der Waals surface area (Å²) in [5.41, 5.74) is 4.10. The lowest BCUT2D eigenvalue weighted by atomic mass is 10.1. The molecule has 7 nitrogen and oxygen atoms in total. The molecule has 0 radical (unpaired) electrons. The van der Waals surface area contributed by atoms with Gasteiger partial charge in [0.1, 0.15) is 36.0 Å². The van der Waals surface area contributed by atoms with Crippen LogP contribution in [0.4, 0.5) is 5.82 Å². The van der Waals surface area contributed by atoms with Crippen LogP contribution in [0.15, 0.2) is 47.6 Å². The Bertz CT molecular complexity index is 1240. The first-order valence-corrected chi connectivity index (χ1v) is 11.7. The van der Waals surface area contributed by atoms with E-state index < -0.39 is 0 Å². The van der Waals surface area contributed by atoms with Crippen molar-refractivity contribution in [2.45, 2.75) is 32.6 Å². The maximum atomic E-state index is 6.09. The Kier molecular flexibility index (Phi) is 6.50. The lowest BCUT2D eigenvalue weighted by molar-refractivity contribution is 0.329. The average Bonchev–Trinajstić information content (AvgIpc) is 3.26. The maximum Gasteiger partial charge on any atom is 0.254 e. The second-order valence-corrected chi connectivity index (χ2v) is 8.39. The molecular formula is C24H27N5O2S. The fourth-order valence-electron chi connectivity index (χ4n) is 3.38. The Labute approximate surface area is 192 Å². The van der Waals surface area contributed by atoms with Gasteiger partial charge in [-0.15, -0.1) is 11.8 Å². The number of anilines is 1. The zero-order valence-electron chi connectivity index (χ0n) is 19.0. The van der Waals surface area contributed by atoms with Crippen molar-refractivity contribution in [2.75, 3.05) is 24.7 Å². The molecule has 0 aliphatic rings. The summed E-state index contributed by atoms with van der Waals surface area (Å²) in [5, 5.41) is 7.67. The number of rotatable bonds is 8. The monoisotopic (exact) mass is 449 g/mol. The van der Waals surface area contributed by atoms with Crippen molar-refractivity contribution in [3.8, 4) is 17.2 Å². The maximum absolute atomic E-state index is 6.09. The van der Waals surface area contributed by atoms with Crippen molar-refractivity contribution in [3.05, 3.63) is 65.1 Å². The molecule has 0 saturated heterocycles. The minimum Gasteiger partial charge on any atom is -0.491 e. The van der Waals surface area contributed by atoms with Gasteiger partial charge in [0.05, 0.1) is 6.54 Å². The summed E-state index contributed by atoms with van der Waals surface area (Å²) in [5.74, 6) is 3.98. The second-order valence-electron chi connectivity index (χ2n) is 7.51. The summed E-state index contributed by atoms with van der Waals surface area (Å²) in [6.45, 7) is 9.23. The number of fused-ring (bicyclic) bond motifs is 1. The smallest absolute Gasteiger partial charge is 0.254 e. The van der Waals surface area contributed by atoms with Gasteiger partial charge < -0.3 is 14.8 Å². The molecule has 0 unspecified atom stereocenters. The summed E-state index contributed by atoms with van der Waals surface area (Å²) >= 11 is 1.71. The van der Waals surface area contributed by atoms with Gasteiger partial charge in [-0.3, -0.25) is 0 Å². The molecule has 0 spiro atoms. The third-order valence-electron chi connectivity index (χ3n) is 5.53. The van der Waals surface area contributed by atoms with E-state index in [1.54, 1.807) is 16.3 Å². The Morgan fingerprint density at radius 3 is 2.41 bits per heavy atom. The van der Waals surface area contributed by atoms with Gasteiger partial charge in [-0.1, -0.05) is 0 Å². The van der Waals surface area contributed by atoms with Gasteiger partial charge >= 0.3 is 0 Å². The largest absolute Gasteiger partial charge is 0.491 e. The van der Waals surface area contributed by atoms with Crippen molar-refractivity contribution in [3.63, 3.8) is 0 Å². The molecule has 4 aromatic rings. The van der Waals surface area contributed by atoms with Gasteiger partial charge in [0.25, 0.3) is 5.78 Å². The molecule has 2 aromatic heterocycles. The number of thioether (sulfide) groups is 1. The van der Waals surface area contributed by atoms with Crippen LogP contribution < -0.4 is 14.8 Å². The van der Waals surface area contributed by atoms with E-state index in [-0.39, 0.29) is 0 Å². The highest BCUT2D eigenvalue weighted by Gasteiger charge is 2.12. The number of benzene rings is 2. The zero-order valence-corrected chi connectivity index (χ0v) is 19.8. The molecule has 32 heavy (non-hydrogen) atoms. The van der Waals surface area contributed by atoms with E-state index in [2.05, 4.69) is 52.6 Å². The van der Waals surface area contributed by atoms with Crippen molar-refractivity contribution in [1.82, 2.24) is 19.6 Å². The standard InChI is InChI=1S/C24H27N5O2S/c1-15-16(2)22(31-19-6-8-20(32-5)9-7-19)11-10-21(15)30-13-12-25-23-17(3)18(4)28-24-26-14-27-29(23)24/h6-11,14,25H,12-13H2,1-5H3. The summed E-state index contributed by atoms with van der Waals surface area (Å²) in [4.78, 5) is 9.84. The van der Waals surface area contributed by atoms with E-state index in [9.17, 15) is 0 Å². The molecule has 0 saturated carbocycles. The fraction of sp³-hybridized carbons (Fsp3) is 0.292. The highest BCUT2D eigenvalue weighted by Crippen LogP contribution is 2.33. The molecule has 0 aliphatic heterocycles. The minimum atomic E-state index is 0.508. The molecule has 2 aromatic carbocycles. The zero-order chi connectivity index (χ0) is 22.7. The molecule has 0 bridgehead atoms. The third kappa shape index (κ3) is 4.50. The van der Waals surface area contributed by atoms with Crippen LogP contribution in [0.1, 0.15) is 22.4 Å². The molecule has 0 aliphatic carbocycles. The first-order valence-electron chi connectivity index (χ1n) is 10.4. The summed E-state index contributed by atoms with van der Waals surface area (Å²) < 4.78 is 13.9. The van der Waals surface area contributed by atoms with Gasteiger partial charge in [-0.2, -0.15) is 14.6 Å². The number of nitrogens with zero attached hydrogens (tertiary/aromatic N) is 4. The number of nitrogens with one attached hydrogen (secondary N) is 1. The van der Waals surface area contributed by atoms with Gasteiger partial charge in [0.2, 0.25) is 0 Å². The van der Waals surface area contributed by atoms with Crippen LogP contribution in [-0.2, 0) is 0 Å². The number of aryl methyl sites for hydroxylation is 1. The Hall–Kier alpha value is -3.26. The first kappa shape index (κ1) is 22.0. The van der Waals surface area contributed by atoms with E-state index in [1.165, 1.54) is 11.2 Å². The highest BCUT2D eigenvalue weighted by atomic mass is 32.2. The normalized spacial score (nSPS) is 11.0. The lowest BCUT2D eigenvalue weighted by Gasteiger charge is -2.16. The van der Waals surface area contributed by atoms with Gasteiger partial charge in [-0.25, -0.2) is 4.98 Å². The van der Waals surface area contributed by atoms with Crippen molar-refractivity contribution >= 4 is 23.4 Å². The van der Waals surface area contributed by atoms with Crippen LogP contribution in [0, 0.1) is 27.7 Å². The average molecular weight is 450 g/mol. The molecule has 1 N–H and O–H groups in total. The predicted molar refractivity (Wildman–Crippen MR) is 128 cm³/mol. The van der Waals surface area contributed by atoms with Crippen molar-refractivity contribution in [1.29, 1.82) is 0 Å². The Balaban J connectivity index is 1.39. The number of aromatic nitrogens is 4. The van der Waals surface area contributed by atoms with Crippen LogP contribution in [0.5, 0.6) is 17.2 Å². The van der Waals surface area contributed by atoms with E-state index >= 15 is 0 Å². The molecule has 166 valence electrons. The topological polar surface area (TPSA) is 73.6 Å². The molecular weight excluding hydrogens is 422 g/mol. The molecule has 0 amide bonds. The molecule has 0 atom stereocenters. The Morgan fingerprint density at radius 2 is 1.66 bits per heavy atom. The van der Waals surface area contributed by atoms with Crippen LogP contribution >= 0.6 is 11.8 Å². The Morgan fingerprint density at radius 1 is 0.938 bits per heavy atom. The minimum absolute atomic E-state index is 0.508. The quantitative estimate of drug-likeness (QED) is 0.287. The van der Waals surface area contributed by atoms with E-state index in [0.717, 1.165) is 45.5 Å². The number of hydrogen-bond acceptors (Lipinski definition) is 7. The summed E-state index contributed by atoms with van der Waals surface area (Å²) in [6.07, 6.45) is 3.57. The SMILES string of the molecule is CSc1ccc(Oc2ccc(OCCNc3c(C)c(C)nc4ncnn34)c(C)c2C)cc1. The fourth-order valence-corrected chi connectivity index (χ4v) is 3.79. The predicted octanol–water partition coefficient (Wildman–Crippen LogP) is 5.36.